The molecule has 0 saturated heterocycles. The van der Waals surface area contributed by atoms with E-state index in [0.717, 1.165) is 22.0 Å². The van der Waals surface area contributed by atoms with Gasteiger partial charge in [-0.2, -0.15) is 5.26 Å². The minimum Gasteiger partial charge on any atom is -0.350 e. The van der Waals surface area contributed by atoms with Crippen LogP contribution in [0, 0.1) is 11.3 Å². The van der Waals surface area contributed by atoms with Crippen LogP contribution in [0.15, 0.2) is 48.9 Å². The maximum atomic E-state index is 9.16. The van der Waals surface area contributed by atoms with Gasteiger partial charge in [0.25, 0.3) is 0 Å². The number of hydrogen-bond donors (Lipinski definition) is 0. The molecule has 0 amide bonds. The Labute approximate surface area is 105 Å². The van der Waals surface area contributed by atoms with Crippen molar-refractivity contribution in [1.82, 2.24) is 9.55 Å². The van der Waals surface area contributed by atoms with Crippen LogP contribution in [-0.2, 0) is 7.05 Å². The molecule has 3 rings (SSSR count). The van der Waals surface area contributed by atoms with E-state index >= 15 is 0 Å². The maximum absolute atomic E-state index is 9.16. The minimum atomic E-state index is 0.605. The van der Waals surface area contributed by atoms with Gasteiger partial charge in [-0.3, -0.25) is 4.98 Å². The molecule has 0 atom stereocenters. The van der Waals surface area contributed by atoms with Crippen LogP contribution in [-0.4, -0.2) is 9.55 Å². The lowest BCUT2D eigenvalue weighted by Crippen LogP contribution is -1.85. The first kappa shape index (κ1) is 10.5. The topological polar surface area (TPSA) is 41.6 Å². The van der Waals surface area contributed by atoms with Gasteiger partial charge < -0.3 is 4.57 Å². The number of hydrogen-bond acceptors (Lipinski definition) is 2. The van der Waals surface area contributed by atoms with Gasteiger partial charge >= 0.3 is 0 Å². The second kappa shape index (κ2) is 4.01. The first-order chi connectivity index (χ1) is 8.81. The second-order valence-electron chi connectivity index (χ2n) is 4.20. The number of nitrogens with zero attached hydrogens (tertiary/aromatic N) is 3. The molecule has 18 heavy (non-hydrogen) atoms. The fourth-order valence-corrected chi connectivity index (χ4v) is 2.27. The van der Waals surface area contributed by atoms with Crippen LogP contribution in [0.25, 0.3) is 22.0 Å². The third kappa shape index (κ3) is 1.47. The summed E-state index contributed by atoms with van der Waals surface area (Å²) in [7, 11) is 2.01. The summed E-state index contributed by atoms with van der Waals surface area (Å²) in [5, 5.41) is 10.3. The molecule has 2 heterocycles. The smallest absolute Gasteiger partial charge is 0.101 e. The molecule has 0 N–H and O–H groups in total. The molecule has 0 aliphatic rings. The predicted molar refractivity (Wildman–Crippen MR) is 70.9 cm³/mol. The van der Waals surface area contributed by atoms with Crippen molar-refractivity contribution in [3.63, 3.8) is 0 Å². The van der Waals surface area contributed by atoms with E-state index in [1.807, 2.05) is 25.2 Å². The summed E-state index contributed by atoms with van der Waals surface area (Å²) in [5.41, 5.74) is 3.78. The van der Waals surface area contributed by atoms with Gasteiger partial charge in [0.2, 0.25) is 0 Å². The lowest BCUT2D eigenvalue weighted by Gasteiger charge is -2.01. The SMILES string of the molecule is Cn1cc(-c2ccncc2C#N)c2ccccc21. The average molecular weight is 233 g/mol. The van der Waals surface area contributed by atoms with E-state index in [-0.39, 0.29) is 0 Å². The van der Waals surface area contributed by atoms with Gasteiger partial charge in [-0.25, -0.2) is 0 Å². The highest BCUT2D eigenvalue weighted by Crippen LogP contribution is 2.31. The van der Waals surface area contributed by atoms with Crippen molar-refractivity contribution < 1.29 is 0 Å². The fraction of sp³-hybridized carbons (Fsp3) is 0.0667. The van der Waals surface area contributed by atoms with E-state index in [2.05, 4.69) is 33.9 Å². The van der Waals surface area contributed by atoms with E-state index in [1.165, 1.54) is 0 Å². The molecule has 0 fully saturated rings. The zero-order chi connectivity index (χ0) is 12.5. The van der Waals surface area contributed by atoms with Crippen LogP contribution in [0.4, 0.5) is 0 Å². The number of nitriles is 1. The number of benzene rings is 1. The molecule has 0 unspecified atom stereocenters. The van der Waals surface area contributed by atoms with Gasteiger partial charge in [0.1, 0.15) is 6.07 Å². The van der Waals surface area contributed by atoms with Crippen molar-refractivity contribution in [3.8, 4) is 17.2 Å². The molecule has 86 valence electrons. The van der Waals surface area contributed by atoms with E-state index in [4.69, 9.17) is 5.26 Å². The molecule has 0 aliphatic carbocycles. The zero-order valence-electron chi connectivity index (χ0n) is 9.96. The Kier molecular flexibility index (Phi) is 2.35. The van der Waals surface area contributed by atoms with Crippen LogP contribution in [0.2, 0.25) is 0 Å². The Morgan fingerprint density at radius 3 is 2.83 bits per heavy atom. The van der Waals surface area contributed by atoms with Gasteiger partial charge in [0.05, 0.1) is 5.56 Å². The first-order valence-corrected chi connectivity index (χ1v) is 5.70. The van der Waals surface area contributed by atoms with Crippen molar-refractivity contribution >= 4 is 10.9 Å². The lowest BCUT2D eigenvalue weighted by atomic mass is 10.0. The molecule has 0 aliphatic heterocycles. The summed E-state index contributed by atoms with van der Waals surface area (Å²) in [6.45, 7) is 0. The van der Waals surface area contributed by atoms with Crippen molar-refractivity contribution in [2.75, 3.05) is 0 Å². The molecule has 1 aromatic carbocycles. The fourth-order valence-electron chi connectivity index (χ4n) is 2.27. The largest absolute Gasteiger partial charge is 0.350 e. The van der Waals surface area contributed by atoms with Gasteiger partial charge in [0.15, 0.2) is 0 Å². The number of aryl methyl sites for hydroxylation is 1. The molecule has 3 heteroatoms. The van der Waals surface area contributed by atoms with E-state index in [0.29, 0.717) is 5.56 Å². The normalized spacial score (nSPS) is 10.4. The zero-order valence-corrected chi connectivity index (χ0v) is 9.96. The van der Waals surface area contributed by atoms with Gasteiger partial charge in [-0.1, -0.05) is 18.2 Å². The van der Waals surface area contributed by atoms with E-state index in [1.54, 1.807) is 12.4 Å². The Morgan fingerprint density at radius 2 is 2.00 bits per heavy atom. The third-order valence-electron chi connectivity index (χ3n) is 3.13. The highest BCUT2D eigenvalue weighted by Gasteiger charge is 2.11. The number of aromatic nitrogens is 2. The highest BCUT2D eigenvalue weighted by molar-refractivity contribution is 5.97. The van der Waals surface area contributed by atoms with Gasteiger partial charge in [0, 0.05) is 47.7 Å². The van der Waals surface area contributed by atoms with Crippen LogP contribution in [0.1, 0.15) is 5.56 Å². The summed E-state index contributed by atoms with van der Waals surface area (Å²) < 4.78 is 2.08. The van der Waals surface area contributed by atoms with E-state index in [9.17, 15) is 0 Å². The standard InChI is InChI=1S/C15H11N3/c1-18-10-14(13-4-2-3-5-15(13)18)12-6-7-17-9-11(12)8-16/h2-7,9-10H,1H3. The quantitative estimate of drug-likeness (QED) is 0.648. The first-order valence-electron chi connectivity index (χ1n) is 5.70. The Morgan fingerprint density at radius 1 is 1.17 bits per heavy atom. The van der Waals surface area contributed by atoms with E-state index < -0.39 is 0 Å². The Bertz CT molecular complexity index is 763. The molecule has 2 aromatic heterocycles. The van der Waals surface area contributed by atoms with Crippen LogP contribution < -0.4 is 0 Å². The third-order valence-corrected chi connectivity index (χ3v) is 3.13. The number of fused-ring (bicyclic) bond motifs is 1. The number of pyridine rings is 1. The van der Waals surface area contributed by atoms with Gasteiger partial charge in [-0.05, 0) is 12.1 Å². The van der Waals surface area contributed by atoms with Crippen molar-refractivity contribution in [2.24, 2.45) is 7.05 Å². The summed E-state index contributed by atoms with van der Waals surface area (Å²) in [4.78, 5) is 4.00. The molecular weight excluding hydrogens is 222 g/mol. The average Bonchev–Trinajstić information content (AvgIpc) is 2.77. The molecule has 0 spiro atoms. The molecule has 0 bridgehead atoms. The molecule has 3 aromatic rings. The van der Waals surface area contributed by atoms with Crippen LogP contribution in [0.3, 0.4) is 0 Å². The van der Waals surface area contributed by atoms with Gasteiger partial charge in [-0.15, -0.1) is 0 Å². The minimum absolute atomic E-state index is 0.605. The van der Waals surface area contributed by atoms with Crippen molar-refractivity contribution in [1.29, 1.82) is 5.26 Å². The Balaban J connectivity index is 2.36. The van der Waals surface area contributed by atoms with Crippen LogP contribution in [0.5, 0.6) is 0 Å². The summed E-state index contributed by atoms with van der Waals surface area (Å²) >= 11 is 0. The summed E-state index contributed by atoms with van der Waals surface area (Å²) in [5.74, 6) is 0. The van der Waals surface area contributed by atoms with Crippen LogP contribution >= 0.6 is 0 Å². The Hall–Kier alpha value is -2.60. The summed E-state index contributed by atoms with van der Waals surface area (Å²) in [6, 6.07) is 12.3. The molecule has 0 radical (unpaired) electrons. The molecular formula is C15H11N3. The number of para-hydroxylation sites is 1. The number of rotatable bonds is 1. The second-order valence-corrected chi connectivity index (χ2v) is 4.20. The van der Waals surface area contributed by atoms with Crippen molar-refractivity contribution in [3.05, 3.63) is 54.5 Å². The lowest BCUT2D eigenvalue weighted by molar-refractivity contribution is 0.970. The highest BCUT2D eigenvalue weighted by atomic mass is 14.9. The maximum Gasteiger partial charge on any atom is 0.101 e. The predicted octanol–water partition coefficient (Wildman–Crippen LogP) is 3.11. The summed E-state index contributed by atoms with van der Waals surface area (Å²) in [6.07, 6.45) is 5.38. The monoisotopic (exact) mass is 233 g/mol. The van der Waals surface area contributed by atoms with Crippen molar-refractivity contribution in [2.45, 2.75) is 0 Å². The molecule has 3 nitrogen and oxygen atoms in total. The molecule has 0 saturated carbocycles.